The van der Waals surface area contributed by atoms with Crippen LogP contribution in [0.15, 0.2) is 24.3 Å². The van der Waals surface area contributed by atoms with Crippen LogP contribution < -0.4 is 5.32 Å². The second kappa shape index (κ2) is 5.27. The molecule has 94 valence electrons. The summed E-state index contributed by atoms with van der Waals surface area (Å²) in [5, 5.41) is 4.60. The highest BCUT2D eigenvalue weighted by Gasteiger charge is 2.22. The molecule has 0 spiro atoms. The maximum atomic E-state index is 4.81. The van der Waals surface area contributed by atoms with Crippen molar-refractivity contribution in [2.75, 3.05) is 7.05 Å². The Hall–Kier alpha value is -0.460. The lowest BCUT2D eigenvalue weighted by molar-refractivity contribution is 0.682. The first-order valence-electron chi connectivity index (χ1n) is 6.19. The van der Waals surface area contributed by atoms with Gasteiger partial charge in [0.15, 0.2) is 0 Å². The number of thiazole rings is 1. The third-order valence-corrected chi connectivity index (χ3v) is 5.29. The normalized spacial score (nSPS) is 15.7. The third-order valence-electron chi connectivity index (χ3n) is 3.35. The minimum Gasteiger partial charge on any atom is -0.307 e. The molecule has 1 aromatic heterocycles. The molecular formula is C14H15IN2S. The van der Waals surface area contributed by atoms with Crippen LogP contribution in [0.5, 0.6) is 0 Å². The van der Waals surface area contributed by atoms with E-state index in [2.05, 4.69) is 52.2 Å². The van der Waals surface area contributed by atoms with E-state index in [-0.39, 0.29) is 6.04 Å². The van der Waals surface area contributed by atoms with E-state index in [0.717, 1.165) is 6.42 Å². The zero-order chi connectivity index (χ0) is 12.5. The average Bonchev–Trinajstić information content (AvgIpc) is 2.93. The fourth-order valence-electron chi connectivity index (χ4n) is 2.42. The fraction of sp³-hybridized carbons (Fsp3) is 0.357. The summed E-state index contributed by atoms with van der Waals surface area (Å²) in [6, 6.07) is 8.92. The Morgan fingerprint density at radius 2 is 2.06 bits per heavy atom. The third kappa shape index (κ3) is 2.33. The van der Waals surface area contributed by atoms with Crippen LogP contribution >= 0.6 is 33.9 Å². The van der Waals surface area contributed by atoms with Gasteiger partial charge in [0.05, 0.1) is 11.7 Å². The van der Waals surface area contributed by atoms with Gasteiger partial charge in [-0.25, -0.2) is 4.98 Å². The maximum Gasteiger partial charge on any atom is 0.115 e. The van der Waals surface area contributed by atoms with E-state index in [1.165, 1.54) is 37.6 Å². The van der Waals surface area contributed by atoms with E-state index in [0.29, 0.717) is 0 Å². The van der Waals surface area contributed by atoms with Crippen molar-refractivity contribution in [1.29, 1.82) is 0 Å². The van der Waals surface area contributed by atoms with E-state index < -0.39 is 0 Å². The number of halogens is 1. The zero-order valence-corrected chi connectivity index (χ0v) is 13.2. The monoisotopic (exact) mass is 370 g/mol. The summed E-state index contributed by atoms with van der Waals surface area (Å²) < 4.78 is 1.27. The smallest absolute Gasteiger partial charge is 0.115 e. The van der Waals surface area contributed by atoms with Crippen molar-refractivity contribution in [3.8, 4) is 0 Å². The molecule has 18 heavy (non-hydrogen) atoms. The first-order chi connectivity index (χ1) is 8.78. The molecule has 1 aliphatic rings. The Kier molecular flexibility index (Phi) is 3.68. The number of hydrogen-bond donors (Lipinski definition) is 1. The van der Waals surface area contributed by atoms with E-state index in [1.54, 1.807) is 0 Å². The van der Waals surface area contributed by atoms with Crippen LogP contribution in [0.25, 0.3) is 0 Å². The quantitative estimate of drug-likeness (QED) is 0.836. The van der Waals surface area contributed by atoms with Gasteiger partial charge >= 0.3 is 0 Å². The van der Waals surface area contributed by atoms with Crippen LogP contribution in [0.4, 0.5) is 0 Å². The van der Waals surface area contributed by atoms with Gasteiger partial charge in [0.1, 0.15) is 5.01 Å². The highest BCUT2D eigenvalue weighted by Crippen LogP contribution is 2.33. The van der Waals surface area contributed by atoms with Gasteiger partial charge < -0.3 is 5.32 Å². The molecule has 0 aliphatic heterocycles. The minimum absolute atomic E-state index is 0.234. The van der Waals surface area contributed by atoms with Crippen molar-refractivity contribution in [1.82, 2.24) is 10.3 Å². The molecule has 1 N–H and O–H groups in total. The second-order valence-electron chi connectivity index (χ2n) is 4.55. The van der Waals surface area contributed by atoms with E-state index in [1.807, 2.05) is 18.4 Å². The first-order valence-corrected chi connectivity index (χ1v) is 8.08. The molecule has 1 aromatic carbocycles. The Balaban J connectivity index is 1.93. The number of rotatable bonds is 3. The van der Waals surface area contributed by atoms with Gasteiger partial charge in [0.2, 0.25) is 0 Å². The van der Waals surface area contributed by atoms with E-state index in [9.17, 15) is 0 Å². The molecule has 0 saturated carbocycles. The number of fused-ring (bicyclic) bond motifs is 1. The van der Waals surface area contributed by atoms with Gasteiger partial charge in [0.25, 0.3) is 0 Å². The van der Waals surface area contributed by atoms with Crippen molar-refractivity contribution in [3.05, 3.63) is 49.0 Å². The highest BCUT2D eigenvalue weighted by atomic mass is 127. The molecule has 0 saturated heterocycles. The van der Waals surface area contributed by atoms with Gasteiger partial charge in [-0.15, -0.1) is 11.3 Å². The van der Waals surface area contributed by atoms with Crippen molar-refractivity contribution < 1.29 is 0 Å². The van der Waals surface area contributed by atoms with Crippen LogP contribution in [0.2, 0.25) is 0 Å². The predicted octanol–water partition coefficient (Wildman–Crippen LogP) is 3.55. The van der Waals surface area contributed by atoms with Gasteiger partial charge in [0, 0.05) is 8.45 Å². The van der Waals surface area contributed by atoms with Crippen LogP contribution in [0, 0.1) is 3.57 Å². The van der Waals surface area contributed by atoms with Crippen molar-refractivity contribution in [2.45, 2.75) is 25.3 Å². The van der Waals surface area contributed by atoms with Crippen LogP contribution in [-0.4, -0.2) is 12.0 Å². The van der Waals surface area contributed by atoms with Crippen LogP contribution in [-0.2, 0) is 12.8 Å². The number of aryl methyl sites for hydroxylation is 2. The fourth-order valence-corrected chi connectivity index (χ4v) is 4.07. The molecule has 2 nitrogen and oxygen atoms in total. The molecule has 2 aromatic rings. The van der Waals surface area contributed by atoms with Gasteiger partial charge in [-0.2, -0.15) is 0 Å². The Bertz CT molecular complexity index is 526. The standard InChI is InChI=1S/C14H15IN2S/c1-16-13(9-5-7-10(15)8-6-9)14-17-11-3-2-4-12(11)18-14/h5-8,13,16H,2-4H2,1H3. The molecule has 1 unspecified atom stereocenters. The van der Waals surface area contributed by atoms with Crippen molar-refractivity contribution in [2.24, 2.45) is 0 Å². The molecule has 1 aliphatic carbocycles. The molecule has 1 atom stereocenters. The molecule has 0 amide bonds. The van der Waals surface area contributed by atoms with Crippen molar-refractivity contribution in [3.63, 3.8) is 0 Å². The Morgan fingerprint density at radius 1 is 1.28 bits per heavy atom. The molecule has 1 heterocycles. The summed E-state index contributed by atoms with van der Waals surface area (Å²) in [6.07, 6.45) is 3.66. The van der Waals surface area contributed by atoms with E-state index in [4.69, 9.17) is 4.98 Å². The lowest BCUT2D eigenvalue weighted by Gasteiger charge is -2.14. The van der Waals surface area contributed by atoms with Gasteiger partial charge in [-0.05, 0) is 66.6 Å². The highest BCUT2D eigenvalue weighted by molar-refractivity contribution is 14.1. The lowest BCUT2D eigenvalue weighted by Crippen LogP contribution is -2.17. The maximum absolute atomic E-state index is 4.81. The van der Waals surface area contributed by atoms with Crippen molar-refractivity contribution >= 4 is 33.9 Å². The summed E-state index contributed by atoms with van der Waals surface area (Å²) in [6.45, 7) is 0. The molecule has 0 fully saturated rings. The average molecular weight is 370 g/mol. The van der Waals surface area contributed by atoms with Crippen LogP contribution in [0.3, 0.4) is 0 Å². The number of nitrogens with zero attached hydrogens (tertiary/aromatic N) is 1. The Labute approximate surface area is 125 Å². The number of benzene rings is 1. The molecule has 0 bridgehead atoms. The largest absolute Gasteiger partial charge is 0.307 e. The van der Waals surface area contributed by atoms with Gasteiger partial charge in [-0.1, -0.05) is 12.1 Å². The molecule has 3 rings (SSSR count). The van der Waals surface area contributed by atoms with Crippen LogP contribution in [0.1, 0.15) is 33.6 Å². The summed E-state index contributed by atoms with van der Waals surface area (Å²) >= 11 is 4.22. The SMILES string of the molecule is CNC(c1ccc(I)cc1)c1nc2c(s1)CCC2. The summed E-state index contributed by atoms with van der Waals surface area (Å²) in [5.41, 5.74) is 2.63. The molecule has 4 heteroatoms. The topological polar surface area (TPSA) is 24.9 Å². The summed E-state index contributed by atoms with van der Waals surface area (Å²) in [5.74, 6) is 0. The van der Waals surface area contributed by atoms with Gasteiger partial charge in [-0.3, -0.25) is 0 Å². The number of hydrogen-bond acceptors (Lipinski definition) is 3. The Morgan fingerprint density at radius 3 is 2.72 bits per heavy atom. The zero-order valence-electron chi connectivity index (χ0n) is 10.2. The molecular weight excluding hydrogens is 355 g/mol. The first kappa shape index (κ1) is 12.6. The predicted molar refractivity (Wildman–Crippen MR) is 84.2 cm³/mol. The minimum atomic E-state index is 0.234. The number of aromatic nitrogens is 1. The van der Waals surface area contributed by atoms with E-state index >= 15 is 0 Å². The summed E-state index contributed by atoms with van der Waals surface area (Å²) in [7, 11) is 2.01. The molecule has 0 radical (unpaired) electrons. The number of nitrogens with one attached hydrogen (secondary N) is 1. The second-order valence-corrected chi connectivity index (χ2v) is 6.91. The lowest BCUT2D eigenvalue weighted by atomic mass is 10.1. The summed E-state index contributed by atoms with van der Waals surface area (Å²) in [4.78, 5) is 6.31.